The third-order valence-electron chi connectivity index (χ3n) is 3.27. The van der Waals surface area contributed by atoms with Crippen LogP contribution < -0.4 is 15.4 Å². The summed E-state index contributed by atoms with van der Waals surface area (Å²) >= 11 is 0. The Kier molecular flexibility index (Phi) is 5.20. The van der Waals surface area contributed by atoms with Crippen molar-refractivity contribution in [2.24, 2.45) is 5.92 Å². The predicted molar refractivity (Wildman–Crippen MR) is 80.3 cm³/mol. The number of rotatable bonds is 5. The third-order valence-corrected chi connectivity index (χ3v) is 3.27. The van der Waals surface area contributed by atoms with Gasteiger partial charge in [0.15, 0.2) is 0 Å². The molecule has 5 nitrogen and oxygen atoms in total. The molecule has 0 unspecified atom stereocenters. The van der Waals surface area contributed by atoms with Gasteiger partial charge in [-0.1, -0.05) is 19.9 Å². The largest absolute Gasteiger partial charge is 0.493 e. The van der Waals surface area contributed by atoms with Crippen molar-refractivity contribution in [2.45, 2.75) is 32.7 Å². The SMILES string of the molecule is CC(C)COc1cccc(C(=O)N[C@@H]2CCCNC2=O)c1. The molecule has 1 saturated heterocycles. The summed E-state index contributed by atoms with van der Waals surface area (Å²) in [5.74, 6) is 0.742. The highest BCUT2D eigenvalue weighted by molar-refractivity contribution is 5.97. The summed E-state index contributed by atoms with van der Waals surface area (Å²) in [4.78, 5) is 23.9. The standard InChI is InChI=1S/C16H22N2O3/c1-11(2)10-21-13-6-3-5-12(9-13)15(19)18-14-7-4-8-17-16(14)20/h3,5-6,9,11,14H,4,7-8,10H2,1-2H3,(H,17,20)(H,18,19)/t14-/m1/s1. The minimum Gasteiger partial charge on any atom is -0.493 e. The number of carbonyl (C=O) groups excluding carboxylic acids is 2. The molecule has 1 aromatic rings. The van der Waals surface area contributed by atoms with Crippen LogP contribution >= 0.6 is 0 Å². The summed E-state index contributed by atoms with van der Waals surface area (Å²) in [6.45, 7) is 5.43. The molecule has 5 heteroatoms. The van der Waals surface area contributed by atoms with Crippen molar-refractivity contribution >= 4 is 11.8 Å². The number of benzene rings is 1. The van der Waals surface area contributed by atoms with Gasteiger partial charge in [0.05, 0.1) is 6.61 Å². The Bertz CT molecular complexity index is 514. The summed E-state index contributed by atoms with van der Waals surface area (Å²) in [5, 5.41) is 5.53. The highest BCUT2D eigenvalue weighted by atomic mass is 16.5. The summed E-state index contributed by atoms with van der Waals surface area (Å²) < 4.78 is 5.61. The molecule has 0 aromatic heterocycles. The van der Waals surface area contributed by atoms with Gasteiger partial charge in [-0.15, -0.1) is 0 Å². The molecular formula is C16H22N2O3. The van der Waals surface area contributed by atoms with Gasteiger partial charge in [0, 0.05) is 12.1 Å². The number of hydrogen-bond acceptors (Lipinski definition) is 3. The fourth-order valence-electron chi connectivity index (χ4n) is 2.14. The first kappa shape index (κ1) is 15.4. The molecule has 0 bridgehead atoms. The van der Waals surface area contributed by atoms with E-state index < -0.39 is 6.04 Å². The number of amides is 2. The van der Waals surface area contributed by atoms with Gasteiger partial charge < -0.3 is 15.4 Å². The molecule has 1 aliphatic rings. The number of nitrogens with one attached hydrogen (secondary N) is 2. The van der Waals surface area contributed by atoms with Gasteiger partial charge in [-0.05, 0) is 37.0 Å². The Morgan fingerprint density at radius 1 is 1.48 bits per heavy atom. The Hall–Kier alpha value is -2.04. The van der Waals surface area contributed by atoms with Crippen LogP contribution in [-0.4, -0.2) is 31.0 Å². The van der Waals surface area contributed by atoms with Crippen molar-refractivity contribution in [1.82, 2.24) is 10.6 Å². The highest BCUT2D eigenvalue weighted by Gasteiger charge is 2.24. The van der Waals surface area contributed by atoms with Gasteiger partial charge in [-0.3, -0.25) is 9.59 Å². The van der Waals surface area contributed by atoms with Gasteiger partial charge in [-0.25, -0.2) is 0 Å². The van der Waals surface area contributed by atoms with E-state index in [-0.39, 0.29) is 11.8 Å². The number of carbonyl (C=O) groups is 2. The highest BCUT2D eigenvalue weighted by Crippen LogP contribution is 2.15. The molecule has 0 spiro atoms. The molecule has 114 valence electrons. The first-order valence-electron chi connectivity index (χ1n) is 7.37. The molecule has 2 N–H and O–H groups in total. The second-order valence-corrected chi connectivity index (χ2v) is 5.69. The Labute approximate surface area is 125 Å². The molecule has 21 heavy (non-hydrogen) atoms. The number of hydrogen-bond donors (Lipinski definition) is 2. The van der Waals surface area contributed by atoms with E-state index in [1.165, 1.54) is 0 Å². The maximum Gasteiger partial charge on any atom is 0.252 e. The lowest BCUT2D eigenvalue weighted by molar-refractivity contribution is -0.124. The molecule has 1 aliphatic heterocycles. The van der Waals surface area contributed by atoms with Crippen LogP contribution in [0.1, 0.15) is 37.0 Å². The summed E-state index contributed by atoms with van der Waals surface area (Å²) in [7, 11) is 0. The zero-order chi connectivity index (χ0) is 15.2. The topological polar surface area (TPSA) is 67.4 Å². The Balaban J connectivity index is 1.98. The van der Waals surface area contributed by atoms with Crippen molar-refractivity contribution in [3.8, 4) is 5.75 Å². The van der Waals surface area contributed by atoms with E-state index in [2.05, 4.69) is 24.5 Å². The minimum absolute atomic E-state index is 0.109. The fourth-order valence-corrected chi connectivity index (χ4v) is 2.14. The van der Waals surface area contributed by atoms with Gasteiger partial charge in [0.1, 0.15) is 11.8 Å². The third kappa shape index (κ3) is 4.48. The van der Waals surface area contributed by atoms with Crippen molar-refractivity contribution < 1.29 is 14.3 Å². The predicted octanol–water partition coefficient (Wildman–Crippen LogP) is 1.73. The van der Waals surface area contributed by atoms with Crippen molar-refractivity contribution in [3.63, 3.8) is 0 Å². The van der Waals surface area contributed by atoms with E-state index in [9.17, 15) is 9.59 Å². The van der Waals surface area contributed by atoms with Crippen LogP contribution in [0.5, 0.6) is 5.75 Å². The van der Waals surface area contributed by atoms with Crippen LogP contribution in [0.15, 0.2) is 24.3 Å². The zero-order valence-electron chi connectivity index (χ0n) is 12.5. The van der Waals surface area contributed by atoms with E-state index in [4.69, 9.17) is 4.74 Å². The quantitative estimate of drug-likeness (QED) is 0.868. The lowest BCUT2D eigenvalue weighted by Gasteiger charge is -2.22. The van der Waals surface area contributed by atoms with Crippen molar-refractivity contribution in [1.29, 1.82) is 0 Å². The van der Waals surface area contributed by atoms with Crippen LogP contribution in [0.4, 0.5) is 0 Å². The maximum absolute atomic E-state index is 12.2. The van der Waals surface area contributed by atoms with Crippen LogP contribution in [0.3, 0.4) is 0 Å². The maximum atomic E-state index is 12.2. The van der Waals surface area contributed by atoms with E-state index in [1.807, 2.05) is 6.07 Å². The van der Waals surface area contributed by atoms with Crippen molar-refractivity contribution in [2.75, 3.05) is 13.2 Å². The van der Waals surface area contributed by atoms with Crippen LogP contribution in [0.25, 0.3) is 0 Å². The smallest absolute Gasteiger partial charge is 0.252 e. The van der Waals surface area contributed by atoms with Gasteiger partial charge in [0.25, 0.3) is 5.91 Å². The molecule has 2 amide bonds. The fraction of sp³-hybridized carbons (Fsp3) is 0.500. The number of ether oxygens (including phenoxy) is 1. The molecule has 1 atom stereocenters. The van der Waals surface area contributed by atoms with Crippen LogP contribution in [-0.2, 0) is 4.79 Å². The molecule has 0 radical (unpaired) electrons. The molecular weight excluding hydrogens is 268 g/mol. The molecule has 2 rings (SSSR count). The van der Waals surface area contributed by atoms with Crippen LogP contribution in [0.2, 0.25) is 0 Å². The minimum atomic E-state index is -0.438. The molecule has 1 heterocycles. The van der Waals surface area contributed by atoms with E-state index >= 15 is 0 Å². The Morgan fingerprint density at radius 3 is 3.00 bits per heavy atom. The van der Waals surface area contributed by atoms with E-state index in [1.54, 1.807) is 18.2 Å². The number of piperidine rings is 1. The summed E-state index contributed by atoms with van der Waals surface area (Å²) in [6.07, 6.45) is 1.56. The van der Waals surface area contributed by atoms with Crippen LogP contribution in [0, 0.1) is 5.92 Å². The molecule has 0 aliphatic carbocycles. The molecule has 1 fully saturated rings. The average Bonchev–Trinajstić information content (AvgIpc) is 2.48. The zero-order valence-corrected chi connectivity index (χ0v) is 12.5. The molecule has 1 aromatic carbocycles. The van der Waals surface area contributed by atoms with E-state index in [0.717, 1.165) is 6.42 Å². The van der Waals surface area contributed by atoms with Gasteiger partial charge >= 0.3 is 0 Å². The lowest BCUT2D eigenvalue weighted by atomic mass is 10.1. The van der Waals surface area contributed by atoms with Gasteiger partial charge in [0.2, 0.25) is 5.91 Å². The second-order valence-electron chi connectivity index (χ2n) is 5.69. The Morgan fingerprint density at radius 2 is 2.29 bits per heavy atom. The lowest BCUT2D eigenvalue weighted by Crippen LogP contribution is -2.50. The average molecular weight is 290 g/mol. The van der Waals surface area contributed by atoms with Crippen molar-refractivity contribution in [3.05, 3.63) is 29.8 Å². The van der Waals surface area contributed by atoms with E-state index in [0.29, 0.717) is 36.8 Å². The normalized spacial score (nSPS) is 18.2. The summed E-state index contributed by atoms with van der Waals surface area (Å²) in [6, 6.07) is 6.60. The molecule has 0 saturated carbocycles. The second kappa shape index (κ2) is 7.11. The first-order valence-corrected chi connectivity index (χ1v) is 7.37. The van der Waals surface area contributed by atoms with Gasteiger partial charge in [-0.2, -0.15) is 0 Å². The summed E-state index contributed by atoms with van der Waals surface area (Å²) in [5.41, 5.74) is 0.509. The monoisotopic (exact) mass is 290 g/mol. The first-order chi connectivity index (χ1) is 10.1.